The third-order valence-electron chi connectivity index (χ3n) is 5.07. The van der Waals surface area contributed by atoms with Crippen LogP contribution in [0.4, 0.5) is 5.82 Å². The number of sulfonamides is 1. The Balaban J connectivity index is 1.86. The molecule has 0 unspecified atom stereocenters. The molecule has 2 aromatic rings. The highest BCUT2D eigenvalue weighted by atomic mass is 32.2. The molecule has 1 fully saturated rings. The highest BCUT2D eigenvalue weighted by molar-refractivity contribution is 7.89. The van der Waals surface area contributed by atoms with Gasteiger partial charge in [-0.3, -0.25) is 0 Å². The molecule has 8 heteroatoms. The molecule has 0 aliphatic carbocycles. The zero-order valence-corrected chi connectivity index (χ0v) is 17.1. The smallest absolute Gasteiger partial charge is 0.243 e. The maximum absolute atomic E-state index is 12.9. The lowest BCUT2D eigenvalue weighted by molar-refractivity contribution is 0.433. The normalized spacial score (nSPS) is 15.8. The van der Waals surface area contributed by atoms with Crippen molar-refractivity contribution < 1.29 is 8.42 Å². The first-order valence-corrected chi connectivity index (χ1v) is 11.1. The fourth-order valence-electron chi connectivity index (χ4n) is 3.59. The number of nitrogens with zero attached hydrogens (tertiary/aromatic N) is 5. The number of nitriles is 1. The lowest BCUT2D eigenvalue weighted by Gasteiger charge is -2.24. The molecule has 0 amide bonds. The van der Waals surface area contributed by atoms with Gasteiger partial charge in [0, 0.05) is 26.2 Å². The quantitative estimate of drug-likeness (QED) is 0.767. The molecule has 1 aromatic carbocycles. The van der Waals surface area contributed by atoms with Crippen LogP contribution in [-0.2, 0) is 22.9 Å². The maximum atomic E-state index is 12.9. The Morgan fingerprint density at radius 1 is 1.04 bits per heavy atom. The van der Waals surface area contributed by atoms with Crippen molar-refractivity contribution in [1.29, 1.82) is 5.26 Å². The molecule has 1 saturated heterocycles. The minimum atomic E-state index is -3.52. The van der Waals surface area contributed by atoms with Crippen LogP contribution in [-0.4, -0.2) is 49.1 Å². The van der Waals surface area contributed by atoms with E-state index in [-0.39, 0.29) is 0 Å². The molecule has 7 nitrogen and oxygen atoms in total. The van der Waals surface area contributed by atoms with E-state index in [1.54, 1.807) is 30.3 Å². The molecule has 0 saturated carbocycles. The van der Waals surface area contributed by atoms with E-state index in [2.05, 4.69) is 16.3 Å². The van der Waals surface area contributed by atoms with Gasteiger partial charge in [0.25, 0.3) is 0 Å². The van der Waals surface area contributed by atoms with Crippen LogP contribution in [0, 0.1) is 11.3 Å². The Bertz CT molecular complexity index is 970. The van der Waals surface area contributed by atoms with E-state index in [1.807, 2.05) is 18.7 Å². The molecule has 1 aromatic heterocycles. The van der Waals surface area contributed by atoms with Crippen molar-refractivity contribution in [2.45, 2.75) is 38.0 Å². The largest absolute Gasteiger partial charge is 0.353 e. The summed E-state index contributed by atoms with van der Waals surface area (Å²) in [6, 6.07) is 10.8. The van der Waals surface area contributed by atoms with Crippen LogP contribution in [0.5, 0.6) is 0 Å². The van der Waals surface area contributed by atoms with E-state index < -0.39 is 10.0 Å². The Labute approximate surface area is 166 Å². The standard InChI is InChI=1S/C20H25N5O2S/c1-3-17-18(15-21)20(23-22-19(17)4-2)24-11-8-12-25(14-13-24)28(26,27)16-9-6-5-7-10-16/h5-7,9-10H,3-4,8,11-14H2,1-2H3. The van der Waals surface area contributed by atoms with Gasteiger partial charge in [-0.2, -0.15) is 14.7 Å². The Morgan fingerprint density at radius 3 is 2.43 bits per heavy atom. The van der Waals surface area contributed by atoms with Crippen LogP contribution in [0.3, 0.4) is 0 Å². The second-order valence-electron chi connectivity index (χ2n) is 6.70. The van der Waals surface area contributed by atoms with Gasteiger partial charge in [-0.05, 0) is 37.0 Å². The third kappa shape index (κ3) is 3.86. The SMILES string of the molecule is CCc1nnc(N2CCCN(S(=O)(=O)c3ccccc3)CC2)c(C#N)c1CC. The van der Waals surface area contributed by atoms with Crippen LogP contribution in [0.2, 0.25) is 0 Å². The second kappa shape index (κ2) is 8.67. The minimum absolute atomic E-state index is 0.307. The van der Waals surface area contributed by atoms with Gasteiger partial charge in [-0.15, -0.1) is 5.10 Å². The molecule has 0 N–H and O–H groups in total. The van der Waals surface area contributed by atoms with Gasteiger partial charge in [-0.1, -0.05) is 32.0 Å². The molecule has 28 heavy (non-hydrogen) atoms. The van der Waals surface area contributed by atoms with E-state index in [4.69, 9.17) is 0 Å². The summed E-state index contributed by atoms with van der Waals surface area (Å²) in [6.07, 6.45) is 2.11. The van der Waals surface area contributed by atoms with E-state index >= 15 is 0 Å². The zero-order valence-electron chi connectivity index (χ0n) is 16.3. The van der Waals surface area contributed by atoms with Crippen LogP contribution in [0.25, 0.3) is 0 Å². The van der Waals surface area contributed by atoms with Gasteiger partial charge in [-0.25, -0.2) is 8.42 Å². The number of rotatable bonds is 5. The molecule has 0 bridgehead atoms. The third-order valence-corrected chi connectivity index (χ3v) is 6.99. The summed E-state index contributed by atoms with van der Waals surface area (Å²) < 4.78 is 27.4. The fraction of sp³-hybridized carbons (Fsp3) is 0.450. The Morgan fingerprint density at radius 2 is 1.79 bits per heavy atom. The van der Waals surface area contributed by atoms with E-state index in [0.717, 1.165) is 24.1 Å². The van der Waals surface area contributed by atoms with Crippen molar-refractivity contribution in [3.63, 3.8) is 0 Å². The first-order chi connectivity index (χ1) is 13.5. The van der Waals surface area contributed by atoms with Gasteiger partial charge in [0.05, 0.1) is 10.6 Å². The van der Waals surface area contributed by atoms with Crippen molar-refractivity contribution in [2.24, 2.45) is 0 Å². The molecule has 2 heterocycles. The highest BCUT2D eigenvalue weighted by Crippen LogP contribution is 2.25. The molecule has 3 rings (SSSR count). The summed E-state index contributed by atoms with van der Waals surface area (Å²) in [5.74, 6) is 0.565. The lowest BCUT2D eigenvalue weighted by atomic mass is 10.0. The summed E-state index contributed by atoms with van der Waals surface area (Å²) in [6.45, 7) is 5.92. The predicted molar refractivity (Wildman–Crippen MR) is 108 cm³/mol. The highest BCUT2D eigenvalue weighted by Gasteiger charge is 2.28. The van der Waals surface area contributed by atoms with E-state index in [9.17, 15) is 13.7 Å². The van der Waals surface area contributed by atoms with E-state index in [1.165, 1.54) is 4.31 Å². The first kappa shape index (κ1) is 20.2. The van der Waals surface area contributed by atoms with Gasteiger partial charge in [0.2, 0.25) is 10.0 Å². The average molecular weight is 400 g/mol. The number of hydrogen-bond acceptors (Lipinski definition) is 6. The number of benzene rings is 1. The molecular weight excluding hydrogens is 374 g/mol. The predicted octanol–water partition coefficient (Wildman–Crippen LogP) is 2.37. The van der Waals surface area contributed by atoms with Crippen molar-refractivity contribution in [3.8, 4) is 6.07 Å². The van der Waals surface area contributed by atoms with Gasteiger partial charge in [0.15, 0.2) is 5.82 Å². The molecule has 0 radical (unpaired) electrons. The summed E-state index contributed by atoms with van der Waals surface area (Å²) in [7, 11) is -3.52. The molecule has 148 valence electrons. The average Bonchev–Trinajstić information content (AvgIpc) is 2.99. The monoisotopic (exact) mass is 399 g/mol. The van der Waals surface area contributed by atoms with Crippen LogP contribution < -0.4 is 4.90 Å². The number of hydrogen-bond donors (Lipinski definition) is 0. The molecule has 1 aliphatic heterocycles. The minimum Gasteiger partial charge on any atom is -0.353 e. The van der Waals surface area contributed by atoms with E-state index in [0.29, 0.717) is 48.9 Å². The summed E-state index contributed by atoms with van der Waals surface area (Å²) >= 11 is 0. The van der Waals surface area contributed by atoms with Crippen molar-refractivity contribution in [2.75, 3.05) is 31.1 Å². The van der Waals surface area contributed by atoms with Crippen LogP contribution >= 0.6 is 0 Å². The molecule has 0 spiro atoms. The number of anilines is 1. The Hall–Kier alpha value is -2.50. The molecular formula is C20H25N5O2S. The number of aromatic nitrogens is 2. The van der Waals surface area contributed by atoms with Crippen molar-refractivity contribution in [1.82, 2.24) is 14.5 Å². The topological polar surface area (TPSA) is 90.2 Å². The molecule has 1 aliphatic rings. The van der Waals surface area contributed by atoms with Gasteiger partial charge in [0.1, 0.15) is 11.6 Å². The fourth-order valence-corrected chi connectivity index (χ4v) is 5.08. The van der Waals surface area contributed by atoms with Gasteiger partial charge < -0.3 is 4.90 Å². The zero-order chi connectivity index (χ0) is 20.1. The van der Waals surface area contributed by atoms with Gasteiger partial charge >= 0.3 is 0 Å². The number of aryl methyl sites for hydroxylation is 1. The maximum Gasteiger partial charge on any atom is 0.243 e. The summed E-state index contributed by atoms with van der Waals surface area (Å²) in [4.78, 5) is 2.30. The molecule has 0 atom stereocenters. The first-order valence-electron chi connectivity index (χ1n) is 9.61. The van der Waals surface area contributed by atoms with Crippen molar-refractivity contribution >= 4 is 15.8 Å². The van der Waals surface area contributed by atoms with Crippen molar-refractivity contribution in [3.05, 3.63) is 47.2 Å². The second-order valence-corrected chi connectivity index (χ2v) is 8.64. The lowest BCUT2D eigenvalue weighted by Crippen LogP contribution is -2.35. The summed E-state index contributed by atoms with van der Waals surface area (Å²) in [5, 5.41) is 18.4. The van der Waals surface area contributed by atoms with Crippen LogP contribution in [0.1, 0.15) is 37.1 Å². The summed E-state index contributed by atoms with van der Waals surface area (Å²) in [5.41, 5.74) is 2.35. The Kier molecular flexibility index (Phi) is 6.27. The van der Waals surface area contributed by atoms with Crippen LogP contribution in [0.15, 0.2) is 35.2 Å².